The molecule has 0 unspecified atom stereocenters. The first-order chi connectivity index (χ1) is 14.0. The van der Waals surface area contributed by atoms with Gasteiger partial charge in [0.2, 0.25) is 0 Å². The summed E-state index contributed by atoms with van der Waals surface area (Å²) < 4.78 is 10.8. The van der Waals surface area contributed by atoms with Crippen molar-refractivity contribution in [2.75, 3.05) is 58.9 Å². The van der Waals surface area contributed by atoms with E-state index in [2.05, 4.69) is 16.0 Å². The fourth-order valence-electron chi connectivity index (χ4n) is 3.71. The van der Waals surface area contributed by atoms with Crippen LogP contribution in [0.15, 0.2) is 36.5 Å². The lowest BCUT2D eigenvalue weighted by atomic mass is 10.1. The number of H-pyrrole nitrogens is 1. The quantitative estimate of drug-likeness (QED) is 0.721. The van der Waals surface area contributed by atoms with Crippen LogP contribution in [0.5, 0.6) is 11.5 Å². The number of aryl methyl sites for hydroxylation is 1. The number of aromatic amines is 1. The van der Waals surface area contributed by atoms with Gasteiger partial charge in [-0.3, -0.25) is 9.69 Å². The Balaban J connectivity index is 1.54. The van der Waals surface area contributed by atoms with Crippen LogP contribution in [-0.2, 0) is 11.3 Å². The van der Waals surface area contributed by atoms with E-state index in [-0.39, 0.29) is 5.91 Å². The number of methoxy groups -OCH3 is 2. The predicted molar refractivity (Wildman–Crippen MR) is 112 cm³/mol. The second kappa shape index (κ2) is 9.60. The van der Waals surface area contributed by atoms with E-state index < -0.39 is 0 Å². The molecule has 7 nitrogen and oxygen atoms in total. The van der Waals surface area contributed by atoms with Gasteiger partial charge in [-0.05, 0) is 36.2 Å². The number of nitrogens with one attached hydrogen (secondary N) is 2. The van der Waals surface area contributed by atoms with E-state index in [1.807, 2.05) is 44.4 Å². The monoisotopic (exact) mass is 400 g/mol. The first-order valence-electron chi connectivity index (χ1n) is 10.0. The normalized spacial score (nSPS) is 14.6. The molecule has 3 rings (SSSR count). The summed E-state index contributed by atoms with van der Waals surface area (Å²) in [5, 5.41) is 0. The molecule has 0 aliphatic carbocycles. The van der Waals surface area contributed by atoms with E-state index in [1.165, 1.54) is 4.90 Å². The third kappa shape index (κ3) is 5.17. The Kier molecular flexibility index (Phi) is 6.93. The van der Waals surface area contributed by atoms with Gasteiger partial charge in [0, 0.05) is 19.7 Å². The van der Waals surface area contributed by atoms with Crippen LogP contribution in [0.2, 0.25) is 0 Å². The molecule has 2 heterocycles. The molecule has 156 valence electrons. The smallest absolute Gasteiger partial charge is 0.277 e. The van der Waals surface area contributed by atoms with Crippen molar-refractivity contribution in [1.82, 2.24) is 4.90 Å². The van der Waals surface area contributed by atoms with Gasteiger partial charge in [-0.2, -0.15) is 0 Å². The summed E-state index contributed by atoms with van der Waals surface area (Å²) in [7, 11) is 5.13. The average molecular weight is 401 g/mol. The maximum atomic E-state index is 12.8. The molecule has 2 N–H and O–H groups in total. The summed E-state index contributed by atoms with van der Waals surface area (Å²) in [6, 6.07) is 10.0. The Labute approximate surface area is 172 Å². The maximum Gasteiger partial charge on any atom is 0.277 e. The zero-order valence-electron chi connectivity index (χ0n) is 17.8. The maximum absolute atomic E-state index is 12.8. The number of amides is 1. The number of piperazine rings is 1. The molecule has 0 saturated carbocycles. The lowest BCUT2D eigenvalue weighted by Gasteiger charge is -2.29. The number of hydrogen-bond donors (Lipinski definition) is 1. The van der Waals surface area contributed by atoms with Gasteiger partial charge >= 0.3 is 0 Å². The number of hydrogen-bond acceptors (Lipinski definition) is 4. The second-order valence-corrected chi connectivity index (χ2v) is 7.55. The number of quaternary nitrogens is 1. The van der Waals surface area contributed by atoms with E-state index in [4.69, 9.17) is 9.47 Å². The van der Waals surface area contributed by atoms with E-state index in [0.29, 0.717) is 24.6 Å². The Morgan fingerprint density at radius 2 is 1.86 bits per heavy atom. The number of benzene rings is 1. The highest BCUT2D eigenvalue weighted by molar-refractivity contribution is 5.76. The number of anilines is 1. The summed E-state index contributed by atoms with van der Waals surface area (Å²) in [6.07, 6.45) is 1.95. The molecule has 0 radical (unpaired) electrons. The minimum Gasteiger partial charge on any atom is -0.493 e. The molecule has 1 aromatic carbocycles. The Bertz CT molecular complexity index is 820. The Morgan fingerprint density at radius 3 is 2.48 bits per heavy atom. The number of aromatic nitrogens is 1. The van der Waals surface area contributed by atoms with Crippen molar-refractivity contribution >= 4 is 11.7 Å². The van der Waals surface area contributed by atoms with Crippen molar-refractivity contribution in [3.63, 3.8) is 0 Å². The molecule has 29 heavy (non-hydrogen) atoms. The van der Waals surface area contributed by atoms with Gasteiger partial charge in [-0.15, -0.1) is 0 Å². The van der Waals surface area contributed by atoms with Gasteiger partial charge in [-0.25, -0.2) is 4.98 Å². The molecular formula is C22H32N4O3+2. The molecule has 0 bridgehead atoms. The average Bonchev–Trinajstić information content (AvgIpc) is 2.75. The minimum absolute atomic E-state index is 0.161. The van der Waals surface area contributed by atoms with Crippen LogP contribution in [0.1, 0.15) is 11.1 Å². The number of pyridine rings is 1. The highest BCUT2D eigenvalue weighted by atomic mass is 16.5. The van der Waals surface area contributed by atoms with Gasteiger partial charge in [0.15, 0.2) is 18.0 Å². The summed E-state index contributed by atoms with van der Waals surface area (Å²) >= 11 is 0. The van der Waals surface area contributed by atoms with E-state index in [9.17, 15) is 4.79 Å². The van der Waals surface area contributed by atoms with E-state index in [0.717, 1.165) is 43.1 Å². The number of ether oxygens (including phenoxy) is 2. The molecule has 1 amide bonds. The van der Waals surface area contributed by atoms with Crippen LogP contribution in [0, 0.1) is 6.92 Å². The highest BCUT2D eigenvalue weighted by Gasteiger charge is 2.28. The summed E-state index contributed by atoms with van der Waals surface area (Å²) in [5.74, 6) is 2.70. The second-order valence-electron chi connectivity index (χ2n) is 7.55. The Hall–Kier alpha value is -2.80. The largest absolute Gasteiger partial charge is 0.493 e. The molecule has 7 heteroatoms. The standard InChI is InChI=1S/C22H30N4O3/c1-17-13-19(28-3)20(29-4)14-18(17)15-24(2)22(27)16-25-9-11-26(12-10-25)21-7-5-6-8-23-21/h5-8,13-14H,9-12,15-16H2,1-4H3/p+2. The minimum atomic E-state index is 0.161. The number of likely N-dealkylation sites (N-methyl/N-ethyl adjacent to an activating group) is 1. The summed E-state index contributed by atoms with van der Waals surface area (Å²) in [6.45, 7) is 6.91. The van der Waals surface area contributed by atoms with Crippen molar-refractivity contribution in [3.8, 4) is 11.5 Å². The van der Waals surface area contributed by atoms with Crippen molar-refractivity contribution in [1.29, 1.82) is 0 Å². The first kappa shape index (κ1) is 20.9. The number of carbonyl (C=O) groups is 1. The third-order valence-electron chi connectivity index (χ3n) is 5.58. The summed E-state index contributed by atoms with van der Waals surface area (Å²) in [5.41, 5.74) is 2.15. The fourth-order valence-corrected chi connectivity index (χ4v) is 3.71. The van der Waals surface area contributed by atoms with Crippen LogP contribution in [0.25, 0.3) is 0 Å². The van der Waals surface area contributed by atoms with Gasteiger partial charge in [0.25, 0.3) is 11.7 Å². The first-order valence-corrected chi connectivity index (χ1v) is 10.0. The highest BCUT2D eigenvalue weighted by Crippen LogP contribution is 2.30. The van der Waals surface area contributed by atoms with Crippen molar-refractivity contribution < 1.29 is 24.2 Å². The fraction of sp³-hybridized carbons (Fsp3) is 0.455. The molecule has 1 aromatic heterocycles. The molecule has 2 aromatic rings. The molecule has 1 aliphatic heterocycles. The third-order valence-corrected chi connectivity index (χ3v) is 5.58. The van der Waals surface area contributed by atoms with Crippen LogP contribution >= 0.6 is 0 Å². The number of nitrogens with zero attached hydrogens (tertiary/aromatic N) is 2. The molecule has 0 atom stereocenters. The van der Waals surface area contributed by atoms with Crippen molar-refractivity contribution in [3.05, 3.63) is 47.7 Å². The van der Waals surface area contributed by atoms with Gasteiger partial charge in [0.1, 0.15) is 26.2 Å². The van der Waals surface area contributed by atoms with Crippen LogP contribution < -0.4 is 24.3 Å². The molecule has 1 fully saturated rings. The van der Waals surface area contributed by atoms with Gasteiger partial charge < -0.3 is 19.3 Å². The lowest BCUT2D eigenvalue weighted by Crippen LogP contribution is -3.15. The predicted octanol–water partition coefficient (Wildman–Crippen LogP) is 0.190. The number of rotatable bonds is 7. The number of carbonyl (C=O) groups excluding carboxylic acids is 1. The SMILES string of the molecule is COc1cc(C)c(CN(C)C(=O)C[NH+]2CCN(c3cccc[nH+]3)CC2)cc1OC. The zero-order valence-corrected chi connectivity index (χ0v) is 17.8. The Morgan fingerprint density at radius 1 is 1.17 bits per heavy atom. The van der Waals surface area contributed by atoms with Crippen molar-refractivity contribution in [2.45, 2.75) is 13.5 Å². The van der Waals surface area contributed by atoms with Crippen LogP contribution in [0.4, 0.5) is 5.82 Å². The summed E-state index contributed by atoms with van der Waals surface area (Å²) in [4.78, 5) is 21.5. The van der Waals surface area contributed by atoms with Crippen LogP contribution in [0.3, 0.4) is 0 Å². The topological polar surface area (TPSA) is 60.6 Å². The molecular weight excluding hydrogens is 368 g/mol. The van der Waals surface area contributed by atoms with Crippen LogP contribution in [-0.4, -0.2) is 64.8 Å². The van der Waals surface area contributed by atoms with E-state index in [1.54, 1.807) is 19.1 Å². The molecule has 1 saturated heterocycles. The molecule has 0 spiro atoms. The van der Waals surface area contributed by atoms with Gasteiger partial charge in [-0.1, -0.05) is 6.07 Å². The lowest BCUT2D eigenvalue weighted by molar-refractivity contribution is -0.892. The zero-order chi connectivity index (χ0) is 20.8. The molecule has 1 aliphatic rings. The van der Waals surface area contributed by atoms with E-state index >= 15 is 0 Å². The van der Waals surface area contributed by atoms with Crippen molar-refractivity contribution in [2.24, 2.45) is 0 Å². The van der Waals surface area contributed by atoms with Gasteiger partial charge in [0.05, 0.1) is 20.4 Å².